The summed E-state index contributed by atoms with van der Waals surface area (Å²) in [5.74, 6) is 1.67. The van der Waals surface area contributed by atoms with Crippen LogP contribution in [-0.4, -0.2) is 35.8 Å². The molecule has 0 unspecified atom stereocenters. The zero-order valence-electron chi connectivity index (χ0n) is 13.9. The Balaban J connectivity index is 1.70. The fourth-order valence-electron chi connectivity index (χ4n) is 3.14. The van der Waals surface area contributed by atoms with Gasteiger partial charge in [-0.3, -0.25) is 14.3 Å². The van der Waals surface area contributed by atoms with Gasteiger partial charge in [-0.25, -0.2) is 0 Å². The molecule has 0 saturated carbocycles. The molecule has 0 saturated heterocycles. The Kier molecular flexibility index (Phi) is 3.65. The zero-order valence-corrected chi connectivity index (χ0v) is 13.9. The first-order chi connectivity index (χ1) is 11.6. The van der Waals surface area contributed by atoms with Gasteiger partial charge in [0.15, 0.2) is 5.82 Å². The van der Waals surface area contributed by atoms with Crippen LogP contribution in [0.5, 0.6) is 0 Å². The number of nitrogens with zero attached hydrogens (tertiary/aromatic N) is 6. The average Bonchev–Trinajstić information content (AvgIpc) is 3.00. The molecular weight excluding hydrogens is 304 g/mol. The molecular formula is C17H20N6O. The van der Waals surface area contributed by atoms with Crippen molar-refractivity contribution in [2.24, 2.45) is 0 Å². The Morgan fingerprint density at radius 2 is 1.92 bits per heavy atom. The minimum Gasteiger partial charge on any atom is -0.290 e. The molecule has 24 heavy (non-hydrogen) atoms. The van der Waals surface area contributed by atoms with Crippen LogP contribution < -0.4 is 5.56 Å². The molecule has 0 spiro atoms. The summed E-state index contributed by atoms with van der Waals surface area (Å²) in [4.78, 5) is 15.0. The maximum Gasteiger partial charge on any atom is 0.299 e. The highest BCUT2D eigenvalue weighted by Crippen LogP contribution is 2.15. The Bertz CT molecular complexity index is 927. The smallest absolute Gasteiger partial charge is 0.290 e. The van der Waals surface area contributed by atoms with Crippen molar-refractivity contribution in [3.05, 3.63) is 57.9 Å². The van der Waals surface area contributed by atoms with E-state index in [1.165, 1.54) is 5.56 Å². The van der Waals surface area contributed by atoms with E-state index in [1.54, 1.807) is 9.08 Å². The minimum absolute atomic E-state index is 0.0984. The van der Waals surface area contributed by atoms with Crippen LogP contribution in [0.1, 0.15) is 37.0 Å². The fourth-order valence-corrected chi connectivity index (χ4v) is 3.14. The molecule has 4 rings (SSSR count). The van der Waals surface area contributed by atoms with E-state index < -0.39 is 0 Å². The third-order valence-electron chi connectivity index (χ3n) is 4.40. The van der Waals surface area contributed by atoms with Gasteiger partial charge < -0.3 is 0 Å². The zero-order chi connectivity index (χ0) is 16.7. The lowest BCUT2D eigenvalue weighted by Crippen LogP contribution is -2.40. The lowest BCUT2D eigenvalue weighted by molar-refractivity contribution is 0.201. The van der Waals surface area contributed by atoms with Gasteiger partial charge in [-0.05, 0) is 5.56 Å². The van der Waals surface area contributed by atoms with Crippen molar-refractivity contribution in [2.75, 3.05) is 6.54 Å². The minimum atomic E-state index is -0.0984. The molecule has 3 heterocycles. The molecule has 124 valence electrons. The predicted octanol–water partition coefficient (Wildman–Crippen LogP) is 1.43. The highest BCUT2D eigenvalue weighted by atomic mass is 16.1. The number of hydrogen-bond donors (Lipinski definition) is 0. The summed E-state index contributed by atoms with van der Waals surface area (Å²) >= 11 is 0. The molecule has 0 amide bonds. The molecule has 3 aromatic rings. The van der Waals surface area contributed by atoms with E-state index in [4.69, 9.17) is 0 Å². The number of benzene rings is 1. The molecule has 7 nitrogen and oxygen atoms in total. The molecule has 0 N–H and O–H groups in total. The van der Waals surface area contributed by atoms with E-state index in [-0.39, 0.29) is 11.5 Å². The summed E-state index contributed by atoms with van der Waals surface area (Å²) in [5.41, 5.74) is 1.49. The highest BCUT2D eigenvalue weighted by Gasteiger charge is 2.23. The van der Waals surface area contributed by atoms with Gasteiger partial charge in [0.25, 0.3) is 5.56 Å². The van der Waals surface area contributed by atoms with E-state index in [0.29, 0.717) is 18.7 Å². The number of fused-ring (bicyclic) bond motifs is 2. The van der Waals surface area contributed by atoms with Gasteiger partial charge in [0.1, 0.15) is 5.82 Å². The highest BCUT2D eigenvalue weighted by molar-refractivity contribution is 5.34. The quantitative estimate of drug-likeness (QED) is 0.729. The molecule has 2 aromatic heterocycles. The van der Waals surface area contributed by atoms with E-state index >= 15 is 0 Å². The number of hydrogen-bond acceptors (Lipinski definition) is 5. The molecule has 0 bridgehead atoms. The summed E-state index contributed by atoms with van der Waals surface area (Å²) in [6.45, 7) is 7.01. The van der Waals surface area contributed by atoms with Crippen LogP contribution in [0.3, 0.4) is 0 Å². The second-order valence-electron chi connectivity index (χ2n) is 6.52. The van der Waals surface area contributed by atoms with Crippen molar-refractivity contribution in [3.8, 4) is 0 Å². The monoisotopic (exact) mass is 324 g/mol. The molecule has 1 aliphatic heterocycles. The van der Waals surface area contributed by atoms with Crippen molar-refractivity contribution in [2.45, 2.75) is 39.4 Å². The van der Waals surface area contributed by atoms with Crippen molar-refractivity contribution < 1.29 is 0 Å². The second kappa shape index (κ2) is 5.83. The van der Waals surface area contributed by atoms with Crippen LogP contribution in [0.2, 0.25) is 0 Å². The maximum absolute atomic E-state index is 12.7. The van der Waals surface area contributed by atoms with Gasteiger partial charge in [-0.2, -0.15) is 4.52 Å². The summed E-state index contributed by atoms with van der Waals surface area (Å²) in [5, 5.41) is 12.8. The van der Waals surface area contributed by atoms with E-state index in [2.05, 4.69) is 32.3 Å². The third kappa shape index (κ3) is 2.50. The van der Waals surface area contributed by atoms with E-state index in [0.717, 1.165) is 24.7 Å². The van der Waals surface area contributed by atoms with Crippen molar-refractivity contribution in [1.29, 1.82) is 0 Å². The second-order valence-corrected chi connectivity index (χ2v) is 6.52. The Hall–Kier alpha value is -2.54. The first-order valence-corrected chi connectivity index (χ1v) is 8.25. The van der Waals surface area contributed by atoms with Crippen LogP contribution in [0, 0.1) is 0 Å². The van der Waals surface area contributed by atoms with Gasteiger partial charge in [-0.1, -0.05) is 44.2 Å². The molecule has 7 heteroatoms. The largest absolute Gasteiger partial charge is 0.299 e. The van der Waals surface area contributed by atoms with Gasteiger partial charge in [0, 0.05) is 25.6 Å². The lowest BCUT2D eigenvalue weighted by atomic mass is 10.2. The summed E-state index contributed by atoms with van der Waals surface area (Å²) in [6.07, 6.45) is 0. The lowest BCUT2D eigenvalue weighted by Gasteiger charge is -2.28. The van der Waals surface area contributed by atoms with Crippen LogP contribution in [0.4, 0.5) is 0 Å². The van der Waals surface area contributed by atoms with Gasteiger partial charge in [-0.15, -0.1) is 15.3 Å². The molecule has 0 aliphatic carbocycles. The normalized spacial score (nSPS) is 15.1. The summed E-state index contributed by atoms with van der Waals surface area (Å²) < 4.78 is 3.35. The number of aromatic nitrogens is 5. The molecule has 0 atom stereocenters. The topological polar surface area (TPSA) is 68.3 Å². The molecule has 0 fully saturated rings. The van der Waals surface area contributed by atoms with Crippen LogP contribution in [0.15, 0.2) is 35.1 Å². The Labute approximate surface area is 139 Å². The average molecular weight is 324 g/mol. The van der Waals surface area contributed by atoms with Gasteiger partial charge in [0.05, 0.1) is 6.54 Å². The summed E-state index contributed by atoms with van der Waals surface area (Å²) in [7, 11) is 0. The predicted molar refractivity (Wildman–Crippen MR) is 89.7 cm³/mol. The molecule has 1 aliphatic rings. The van der Waals surface area contributed by atoms with Crippen LogP contribution in [-0.2, 0) is 19.6 Å². The standard InChI is InChI=1S/C17H20N6O/c1-12(2)15-18-19-16-17(24)22-9-8-21(11-14(22)20-23(15)16)10-13-6-4-3-5-7-13/h3-7,12H,8-11H2,1-2H3. The van der Waals surface area contributed by atoms with E-state index in [1.807, 2.05) is 32.0 Å². The van der Waals surface area contributed by atoms with Gasteiger partial charge in [0.2, 0.25) is 5.65 Å². The molecule has 1 aromatic carbocycles. The van der Waals surface area contributed by atoms with Crippen molar-refractivity contribution in [1.82, 2.24) is 29.3 Å². The van der Waals surface area contributed by atoms with Crippen molar-refractivity contribution >= 4 is 5.65 Å². The first-order valence-electron chi connectivity index (χ1n) is 8.25. The fraction of sp³-hybridized carbons (Fsp3) is 0.412. The third-order valence-corrected chi connectivity index (χ3v) is 4.40. The van der Waals surface area contributed by atoms with Crippen LogP contribution in [0.25, 0.3) is 5.65 Å². The Morgan fingerprint density at radius 1 is 1.12 bits per heavy atom. The molecule has 0 radical (unpaired) electrons. The SMILES string of the molecule is CC(C)c1nnc2c(=O)n3c(nn12)CN(Cc1ccccc1)CC3. The maximum atomic E-state index is 12.7. The summed E-state index contributed by atoms with van der Waals surface area (Å²) in [6, 6.07) is 10.4. The van der Waals surface area contributed by atoms with E-state index in [9.17, 15) is 4.79 Å². The van der Waals surface area contributed by atoms with Crippen molar-refractivity contribution in [3.63, 3.8) is 0 Å². The van der Waals surface area contributed by atoms with Crippen LogP contribution >= 0.6 is 0 Å². The number of rotatable bonds is 3. The first kappa shape index (κ1) is 15.0. The Morgan fingerprint density at radius 3 is 2.67 bits per heavy atom. The van der Waals surface area contributed by atoms with Gasteiger partial charge >= 0.3 is 0 Å².